The molecular weight excluding hydrogens is 338 g/mol. The summed E-state index contributed by atoms with van der Waals surface area (Å²) in [4.78, 5) is 14.1. The summed E-state index contributed by atoms with van der Waals surface area (Å²) < 4.78 is 1.04. The van der Waals surface area contributed by atoms with Gasteiger partial charge in [-0.15, -0.1) is 0 Å². The van der Waals surface area contributed by atoms with Gasteiger partial charge >= 0.3 is 0 Å². The van der Waals surface area contributed by atoms with Crippen molar-refractivity contribution >= 4 is 27.8 Å². The molecule has 0 radical (unpaired) electrons. The first-order chi connectivity index (χ1) is 10.6. The number of hydrogen-bond acceptors (Lipinski definition) is 2. The Morgan fingerprint density at radius 1 is 1.09 bits per heavy atom. The van der Waals surface area contributed by atoms with Gasteiger partial charge in [-0.3, -0.25) is 4.79 Å². The van der Waals surface area contributed by atoms with E-state index in [2.05, 4.69) is 33.0 Å². The van der Waals surface area contributed by atoms with E-state index < -0.39 is 0 Å². The number of allylic oxidation sites excluding steroid dienone is 1. The van der Waals surface area contributed by atoms with Crippen molar-refractivity contribution in [2.75, 3.05) is 13.6 Å². The second-order valence-electron chi connectivity index (χ2n) is 5.32. The van der Waals surface area contributed by atoms with Crippen molar-refractivity contribution in [3.63, 3.8) is 0 Å². The van der Waals surface area contributed by atoms with Crippen LogP contribution in [-0.4, -0.2) is 24.3 Å². The smallest absolute Gasteiger partial charge is 0.156 e. The number of rotatable bonds is 7. The van der Waals surface area contributed by atoms with Gasteiger partial charge in [0.1, 0.15) is 0 Å². The van der Waals surface area contributed by atoms with Gasteiger partial charge in [0.2, 0.25) is 0 Å². The summed E-state index contributed by atoms with van der Waals surface area (Å²) in [6.45, 7) is 1.63. The van der Waals surface area contributed by atoms with Gasteiger partial charge in [0.15, 0.2) is 5.78 Å². The van der Waals surface area contributed by atoms with Crippen molar-refractivity contribution in [2.45, 2.75) is 13.0 Å². The Bertz CT molecular complexity index is 620. The fourth-order valence-electron chi connectivity index (χ4n) is 2.12. The highest BCUT2D eigenvalue weighted by Gasteiger charge is 2.03. The van der Waals surface area contributed by atoms with Crippen LogP contribution < -0.4 is 0 Å². The van der Waals surface area contributed by atoms with Crippen LogP contribution in [0.3, 0.4) is 0 Å². The van der Waals surface area contributed by atoms with E-state index in [1.807, 2.05) is 55.6 Å². The summed E-state index contributed by atoms with van der Waals surface area (Å²) in [5.41, 5.74) is 2.30. The first-order valence-electron chi connectivity index (χ1n) is 7.32. The lowest BCUT2D eigenvalue weighted by Gasteiger charge is -2.15. The van der Waals surface area contributed by atoms with Crippen LogP contribution in [0.15, 0.2) is 65.1 Å². The minimum atomic E-state index is 0.155. The molecule has 0 amide bonds. The third-order valence-electron chi connectivity index (χ3n) is 3.37. The molecule has 0 bridgehead atoms. The lowest BCUT2D eigenvalue weighted by atomic mass is 10.1. The van der Waals surface area contributed by atoms with Crippen LogP contribution in [0.1, 0.15) is 17.5 Å². The standard InChI is InChI=1S/C19H20BrNO/c1-21(15-17-5-3-2-4-6-17)14-13-19(22)12-9-16-7-10-18(20)11-8-16/h2-12H,13-15H2,1H3/b12-9+. The molecule has 2 rings (SSSR count). The van der Waals surface area contributed by atoms with E-state index in [0.717, 1.165) is 23.1 Å². The van der Waals surface area contributed by atoms with Crippen molar-refractivity contribution < 1.29 is 4.79 Å². The van der Waals surface area contributed by atoms with Crippen molar-refractivity contribution in [1.82, 2.24) is 4.90 Å². The Morgan fingerprint density at radius 2 is 1.77 bits per heavy atom. The molecule has 22 heavy (non-hydrogen) atoms. The number of hydrogen-bond donors (Lipinski definition) is 0. The highest BCUT2D eigenvalue weighted by atomic mass is 79.9. The number of carbonyl (C=O) groups excluding carboxylic acids is 1. The van der Waals surface area contributed by atoms with E-state index in [0.29, 0.717) is 6.42 Å². The van der Waals surface area contributed by atoms with E-state index >= 15 is 0 Å². The molecule has 0 aliphatic rings. The molecule has 0 unspecified atom stereocenters. The molecule has 2 nitrogen and oxygen atoms in total. The lowest BCUT2D eigenvalue weighted by Crippen LogP contribution is -2.20. The molecule has 114 valence electrons. The van der Waals surface area contributed by atoms with Crippen LogP contribution in [0.5, 0.6) is 0 Å². The number of benzene rings is 2. The molecule has 0 aliphatic carbocycles. The molecule has 0 atom stereocenters. The van der Waals surface area contributed by atoms with Gasteiger partial charge in [-0.25, -0.2) is 0 Å². The molecule has 0 fully saturated rings. The molecule has 3 heteroatoms. The largest absolute Gasteiger partial charge is 0.302 e. The molecule has 0 aliphatic heterocycles. The van der Waals surface area contributed by atoms with Crippen molar-refractivity contribution in [2.24, 2.45) is 0 Å². The monoisotopic (exact) mass is 357 g/mol. The maximum Gasteiger partial charge on any atom is 0.156 e. The topological polar surface area (TPSA) is 20.3 Å². The number of nitrogens with zero attached hydrogens (tertiary/aromatic N) is 1. The highest BCUT2D eigenvalue weighted by molar-refractivity contribution is 9.10. The Kier molecular flexibility index (Phi) is 6.56. The predicted octanol–water partition coefficient (Wildman–Crippen LogP) is 4.55. The van der Waals surface area contributed by atoms with Gasteiger partial charge in [0.05, 0.1) is 0 Å². The number of carbonyl (C=O) groups is 1. The lowest BCUT2D eigenvalue weighted by molar-refractivity contribution is -0.114. The first kappa shape index (κ1) is 16.7. The minimum Gasteiger partial charge on any atom is -0.302 e. The van der Waals surface area contributed by atoms with Gasteiger partial charge in [-0.1, -0.05) is 64.5 Å². The Labute approximate surface area is 140 Å². The van der Waals surface area contributed by atoms with Crippen LogP contribution >= 0.6 is 15.9 Å². The third kappa shape index (κ3) is 5.96. The van der Waals surface area contributed by atoms with Crippen molar-refractivity contribution in [3.05, 3.63) is 76.3 Å². The molecule has 0 heterocycles. The van der Waals surface area contributed by atoms with Gasteiger partial charge in [0, 0.05) is 24.0 Å². The second-order valence-corrected chi connectivity index (χ2v) is 6.24. The van der Waals surface area contributed by atoms with Crippen molar-refractivity contribution in [1.29, 1.82) is 0 Å². The van der Waals surface area contributed by atoms with Gasteiger partial charge in [-0.05, 0) is 36.4 Å². The Morgan fingerprint density at radius 3 is 2.45 bits per heavy atom. The molecule has 0 spiro atoms. The fourth-order valence-corrected chi connectivity index (χ4v) is 2.39. The summed E-state index contributed by atoms with van der Waals surface area (Å²) >= 11 is 3.40. The van der Waals surface area contributed by atoms with Crippen LogP contribution in [0, 0.1) is 0 Å². The van der Waals surface area contributed by atoms with Gasteiger partial charge in [0.25, 0.3) is 0 Å². The van der Waals surface area contributed by atoms with E-state index in [1.54, 1.807) is 6.08 Å². The first-order valence-corrected chi connectivity index (χ1v) is 8.12. The number of halogens is 1. The molecular formula is C19H20BrNO. The molecule has 0 aromatic heterocycles. The van der Waals surface area contributed by atoms with Crippen LogP contribution in [-0.2, 0) is 11.3 Å². The summed E-state index contributed by atoms with van der Waals surface area (Å²) in [7, 11) is 2.04. The summed E-state index contributed by atoms with van der Waals surface area (Å²) in [5.74, 6) is 0.155. The maximum absolute atomic E-state index is 11.9. The minimum absolute atomic E-state index is 0.155. The zero-order valence-corrected chi connectivity index (χ0v) is 14.3. The van der Waals surface area contributed by atoms with E-state index in [-0.39, 0.29) is 5.78 Å². The zero-order valence-electron chi connectivity index (χ0n) is 12.7. The molecule has 2 aromatic rings. The summed E-state index contributed by atoms with van der Waals surface area (Å²) in [6, 6.07) is 18.2. The maximum atomic E-state index is 11.9. The van der Waals surface area contributed by atoms with Gasteiger partial charge < -0.3 is 4.90 Å². The average Bonchev–Trinajstić information content (AvgIpc) is 2.53. The van der Waals surface area contributed by atoms with Crippen LogP contribution in [0.4, 0.5) is 0 Å². The number of ketones is 1. The summed E-state index contributed by atoms with van der Waals surface area (Å²) in [5, 5.41) is 0. The van der Waals surface area contributed by atoms with Gasteiger partial charge in [-0.2, -0.15) is 0 Å². The predicted molar refractivity (Wildman–Crippen MR) is 95.6 cm³/mol. The highest BCUT2D eigenvalue weighted by Crippen LogP contribution is 2.11. The van der Waals surface area contributed by atoms with E-state index in [9.17, 15) is 4.79 Å². The Hall–Kier alpha value is -1.71. The normalized spacial score (nSPS) is 11.2. The Balaban J connectivity index is 1.76. The van der Waals surface area contributed by atoms with Crippen LogP contribution in [0.25, 0.3) is 6.08 Å². The quantitative estimate of drug-likeness (QED) is 0.677. The molecule has 2 aromatic carbocycles. The third-order valence-corrected chi connectivity index (χ3v) is 3.90. The summed E-state index contributed by atoms with van der Waals surface area (Å²) in [6.07, 6.45) is 4.07. The second kappa shape index (κ2) is 8.66. The van der Waals surface area contributed by atoms with E-state index in [4.69, 9.17) is 0 Å². The zero-order chi connectivity index (χ0) is 15.8. The molecule has 0 N–H and O–H groups in total. The molecule has 0 saturated heterocycles. The van der Waals surface area contributed by atoms with E-state index in [1.165, 1.54) is 5.56 Å². The van der Waals surface area contributed by atoms with Crippen LogP contribution in [0.2, 0.25) is 0 Å². The SMILES string of the molecule is CN(CCC(=O)/C=C/c1ccc(Br)cc1)Cc1ccccc1. The van der Waals surface area contributed by atoms with Crippen molar-refractivity contribution in [3.8, 4) is 0 Å². The average molecular weight is 358 g/mol. The molecule has 0 saturated carbocycles. The fraction of sp³-hybridized carbons (Fsp3) is 0.211.